The van der Waals surface area contributed by atoms with Crippen LogP contribution in [0.4, 0.5) is 5.69 Å². The maximum atomic E-state index is 12.7. The molecule has 1 fully saturated rings. The van der Waals surface area contributed by atoms with Gasteiger partial charge in [-0.15, -0.1) is 0 Å². The third-order valence-electron chi connectivity index (χ3n) is 5.38. The second-order valence-electron chi connectivity index (χ2n) is 7.27. The average Bonchev–Trinajstić information content (AvgIpc) is 3.31. The van der Waals surface area contributed by atoms with E-state index in [1.165, 1.54) is 0 Å². The fraction of sp³-hybridized carbons (Fsp3) is 0.273. The van der Waals surface area contributed by atoms with E-state index in [0.29, 0.717) is 13.0 Å². The summed E-state index contributed by atoms with van der Waals surface area (Å²) in [6.07, 6.45) is 3.94. The maximum Gasteiger partial charge on any atom is 0.234 e. The minimum Gasteiger partial charge on any atom is -0.368 e. The van der Waals surface area contributed by atoms with Crippen LogP contribution < -0.4 is 11.1 Å². The molecular weight excluding hydrogens is 352 g/mol. The van der Waals surface area contributed by atoms with Crippen molar-refractivity contribution in [1.29, 1.82) is 0 Å². The Hall–Kier alpha value is -3.12. The van der Waals surface area contributed by atoms with Gasteiger partial charge in [0.05, 0.1) is 12.5 Å². The van der Waals surface area contributed by atoms with Gasteiger partial charge >= 0.3 is 0 Å². The minimum absolute atomic E-state index is 0.0647. The van der Waals surface area contributed by atoms with Crippen molar-refractivity contribution in [3.05, 3.63) is 65.9 Å². The number of carbonyl (C=O) groups excluding carboxylic acids is 2. The summed E-state index contributed by atoms with van der Waals surface area (Å²) in [5, 5.41) is 4.10. The lowest BCUT2D eigenvalue weighted by atomic mass is 10.1. The Morgan fingerprint density at radius 3 is 2.75 bits per heavy atom. The number of aromatic amines is 1. The normalized spacial score (nSPS) is 17.1. The number of primary amides is 1. The molecule has 0 bridgehead atoms. The van der Waals surface area contributed by atoms with E-state index in [1.807, 2.05) is 54.7 Å². The van der Waals surface area contributed by atoms with E-state index >= 15 is 0 Å². The molecule has 1 aliphatic heterocycles. The van der Waals surface area contributed by atoms with E-state index in [9.17, 15) is 9.59 Å². The van der Waals surface area contributed by atoms with Crippen LogP contribution in [-0.4, -0.2) is 34.3 Å². The van der Waals surface area contributed by atoms with Crippen LogP contribution in [0.25, 0.3) is 10.9 Å². The summed E-state index contributed by atoms with van der Waals surface area (Å²) in [6.45, 7) is 1.43. The molecule has 0 spiro atoms. The number of para-hydroxylation sites is 2. The third-order valence-corrected chi connectivity index (χ3v) is 5.38. The van der Waals surface area contributed by atoms with Crippen LogP contribution in [0.15, 0.2) is 54.7 Å². The summed E-state index contributed by atoms with van der Waals surface area (Å²) < 4.78 is 0. The van der Waals surface area contributed by atoms with Crippen LogP contribution in [0.2, 0.25) is 0 Å². The van der Waals surface area contributed by atoms with Crippen molar-refractivity contribution in [3.8, 4) is 0 Å². The van der Waals surface area contributed by atoms with E-state index in [4.69, 9.17) is 5.73 Å². The predicted octanol–water partition coefficient (Wildman–Crippen LogP) is 2.80. The highest BCUT2D eigenvalue weighted by atomic mass is 16.2. The summed E-state index contributed by atoms with van der Waals surface area (Å²) in [5.74, 6) is -0.344. The Labute approximate surface area is 163 Å². The zero-order valence-corrected chi connectivity index (χ0v) is 15.7. The van der Waals surface area contributed by atoms with Crippen LogP contribution in [-0.2, 0) is 22.6 Å². The van der Waals surface area contributed by atoms with Crippen molar-refractivity contribution in [1.82, 2.24) is 9.88 Å². The number of aromatic nitrogens is 1. The fourth-order valence-corrected chi connectivity index (χ4v) is 3.98. The van der Waals surface area contributed by atoms with E-state index < -0.39 is 0 Å². The lowest BCUT2D eigenvalue weighted by Gasteiger charge is -2.23. The van der Waals surface area contributed by atoms with Gasteiger partial charge in [-0.2, -0.15) is 0 Å². The standard InChI is InChI=1S/C22H24N4O2/c23-22(28)20-10-5-11-26(20)14-15-6-1-3-8-18(15)25-21(27)12-16-13-24-19-9-4-2-7-17(16)19/h1-4,6-9,13,20,24H,5,10-12,14H2,(H2,23,28)(H,25,27). The lowest BCUT2D eigenvalue weighted by molar-refractivity contribution is -0.122. The second-order valence-corrected chi connectivity index (χ2v) is 7.27. The molecule has 2 aromatic carbocycles. The topological polar surface area (TPSA) is 91.2 Å². The zero-order valence-electron chi connectivity index (χ0n) is 15.7. The second kappa shape index (κ2) is 7.86. The van der Waals surface area contributed by atoms with Gasteiger partial charge in [-0.3, -0.25) is 14.5 Å². The molecule has 2 heterocycles. The highest BCUT2D eigenvalue weighted by Crippen LogP contribution is 2.24. The smallest absolute Gasteiger partial charge is 0.234 e. The molecule has 1 atom stereocenters. The molecule has 0 aliphatic carbocycles. The molecule has 28 heavy (non-hydrogen) atoms. The van der Waals surface area contributed by atoms with Crippen LogP contribution in [0.1, 0.15) is 24.0 Å². The highest BCUT2D eigenvalue weighted by Gasteiger charge is 2.29. The molecule has 0 radical (unpaired) electrons. The first kappa shape index (κ1) is 18.3. The number of carbonyl (C=O) groups is 2. The molecule has 4 N–H and O–H groups in total. The van der Waals surface area contributed by atoms with Gasteiger partial charge < -0.3 is 16.0 Å². The highest BCUT2D eigenvalue weighted by molar-refractivity contribution is 5.96. The Morgan fingerprint density at radius 1 is 1.11 bits per heavy atom. The van der Waals surface area contributed by atoms with Crippen LogP contribution >= 0.6 is 0 Å². The lowest BCUT2D eigenvalue weighted by Crippen LogP contribution is -2.39. The Kier molecular flexibility index (Phi) is 5.12. The number of nitrogens with one attached hydrogen (secondary N) is 2. The summed E-state index contributed by atoms with van der Waals surface area (Å²) >= 11 is 0. The van der Waals surface area contributed by atoms with Crippen LogP contribution in [0.3, 0.4) is 0 Å². The molecule has 3 aromatic rings. The molecule has 1 saturated heterocycles. The molecule has 144 valence electrons. The van der Waals surface area contributed by atoms with Gasteiger partial charge in [0.1, 0.15) is 0 Å². The molecule has 1 aromatic heterocycles. The molecule has 0 saturated carbocycles. The van der Waals surface area contributed by atoms with Gasteiger partial charge in [-0.05, 0) is 42.6 Å². The van der Waals surface area contributed by atoms with Crippen LogP contribution in [0, 0.1) is 0 Å². The van der Waals surface area contributed by atoms with Crippen molar-refractivity contribution >= 4 is 28.4 Å². The Morgan fingerprint density at radius 2 is 1.89 bits per heavy atom. The Bertz CT molecular complexity index is 1010. The molecule has 6 heteroatoms. The first-order valence-corrected chi connectivity index (χ1v) is 9.58. The van der Waals surface area contributed by atoms with E-state index in [2.05, 4.69) is 15.2 Å². The average molecular weight is 376 g/mol. The van der Waals surface area contributed by atoms with Crippen molar-refractivity contribution in [2.75, 3.05) is 11.9 Å². The first-order valence-electron chi connectivity index (χ1n) is 9.58. The number of fused-ring (bicyclic) bond motifs is 1. The number of rotatable bonds is 6. The molecule has 1 aliphatic rings. The number of anilines is 1. The molecule has 1 unspecified atom stereocenters. The third kappa shape index (κ3) is 3.77. The van der Waals surface area contributed by atoms with Gasteiger partial charge in [0.15, 0.2) is 0 Å². The number of hydrogen-bond acceptors (Lipinski definition) is 3. The van der Waals surface area contributed by atoms with Crippen molar-refractivity contribution in [2.24, 2.45) is 5.73 Å². The summed E-state index contributed by atoms with van der Waals surface area (Å²) in [7, 11) is 0. The largest absolute Gasteiger partial charge is 0.368 e. The van der Waals surface area contributed by atoms with Crippen molar-refractivity contribution in [3.63, 3.8) is 0 Å². The Balaban J connectivity index is 1.47. The number of amides is 2. The molecule has 2 amide bonds. The van der Waals surface area contributed by atoms with E-state index in [1.54, 1.807) is 0 Å². The van der Waals surface area contributed by atoms with Crippen molar-refractivity contribution < 1.29 is 9.59 Å². The van der Waals surface area contributed by atoms with Gasteiger partial charge in [-0.25, -0.2) is 0 Å². The SMILES string of the molecule is NC(=O)C1CCCN1Cc1ccccc1NC(=O)Cc1c[nH]c2ccccc12. The zero-order chi connectivity index (χ0) is 19.5. The van der Waals surface area contributed by atoms with E-state index in [-0.39, 0.29) is 17.9 Å². The van der Waals surface area contributed by atoms with Gasteiger partial charge in [0, 0.05) is 29.3 Å². The molecular formula is C22H24N4O2. The van der Waals surface area contributed by atoms with E-state index in [0.717, 1.165) is 47.1 Å². The maximum absolute atomic E-state index is 12.7. The van der Waals surface area contributed by atoms with Crippen LogP contribution in [0.5, 0.6) is 0 Å². The van der Waals surface area contributed by atoms with Gasteiger partial charge in [0.2, 0.25) is 11.8 Å². The minimum atomic E-state index is -0.279. The summed E-state index contributed by atoms with van der Waals surface area (Å²) in [5.41, 5.74) is 9.29. The quantitative estimate of drug-likeness (QED) is 0.618. The fourth-order valence-electron chi connectivity index (χ4n) is 3.98. The van der Waals surface area contributed by atoms with Crippen molar-refractivity contribution in [2.45, 2.75) is 31.8 Å². The van der Waals surface area contributed by atoms with Gasteiger partial charge in [-0.1, -0.05) is 36.4 Å². The number of nitrogens with zero attached hydrogens (tertiary/aromatic N) is 1. The summed E-state index contributed by atoms with van der Waals surface area (Å²) in [4.78, 5) is 29.6. The molecule has 6 nitrogen and oxygen atoms in total. The monoisotopic (exact) mass is 376 g/mol. The predicted molar refractivity (Wildman–Crippen MR) is 110 cm³/mol. The number of H-pyrrole nitrogens is 1. The number of nitrogens with two attached hydrogens (primary N) is 1. The van der Waals surface area contributed by atoms with Gasteiger partial charge in [0.25, 0.3) is 0 Å². The number of likely N-dealkylation sites (tertiary alicyclic amines) is 1. The summed E-state index contributed by atoms with van der Waals surface area (Å²) in [6, 6.07) is 15.5. The first-order chi connectivity index (χ1) is 13.6. The number of hydrogen-bond donors (Lipinski definition) is 3. The number of benzene rings is 2. The molecule has 4 rings (SSSR count).